The predicted octanol–water partition coefficient (Wildman–Crippen LogP) is 4.37. The first-order valence-electron chi connectivity index (χ1n) is 7.30. The lowest BCUT2D eigenvalue weighted by Crippen LogP contribution is -1.99. The first kappa shape index (κ1) is 16.1. The van der Waals surface area contributed by atoms with Crippen LogP contribution in [0, 0.1) is 6.92 Å². The summed E-state index contributed by atoms with van der Waals surface area (Å²) in [6.07, 6.45) is 1.66. The van der Waals surface area contributed by atoms with Crippen molar-refractivity contribution in [2.75, 3.05) is 5.43 Å². The number of anilines is 1. The van der Waals surface area contributed by atoms with Gasteiger partial charge >= 0.3 is 0 Å². The van der Waals surface area contributed by atoms with Crippen LogP contribution >= 0.6 is 15.9 Å². The molecule has 0 aliphatic carbocycles. The number of nitrogens with one attached hydrogen (secondary N) is 1. The number of phenolic OH excluding ortho intramolecular Hbond substituents is 1. The van der Waals surface area contributed by atoms with Crippen molar-refractivity contribution in [2.45, 2.75) is 6.92 Å². The molecule has 0 radical (unpaired) electrons. The summed E-state index contributed by atoms with van der Waals surface area (Å²) in [4.78, 5) is 8.95. The third-order valence-corrected chi connectivity index (χ3v) is 3.77. The second kappa shape index (κ2) is 7.23. The van der Waals surface area contributed by atoms with Gasteiger partial charge in [0.15, 0.2) is 11.6 Å². The topological polar surface area (TPSA) is 70.4 Å². The van der Waals surface area contributed by atoms with Gasteiger partial charge in [-0.25, -0.2) is 9.97 Å². The van der Waals surface area contributed by atoms with E-state index in [9.17, 15) is 5.11 Å². The molecular formula is C18H15BrN4O. The second-order valence-corrected chi connectivity index (χ2v) is 6.10. The summed E-state index contributed by atoms with van der Waals surface area (Å²) < 4.78 is 1.01. The Kier molecular flexibility index (Phi) is 4.86. The molecule has 0 bridgehead atoms. The number of hydrazone groups is 1. The van der Waals surface area contributed by atoms with Gasteiger partial charge in [0.2, 0.25) is 0 Å². The predicted molar refractivity (Wildman–Crippen MR) is 99.2 cm³/mol. The Morgan fingerprint density at radius 2 is 1.75 bits per heavy atom. The van der Waals surface area contributed by atoms with E-state index in [4.69, 9.17) is 0 Å². The van der Waals surface area contributed by atoms with E-state index in [2.05, 4.69) is 36.4 Å². The maximum absolute atomic E-state index is 9.27. The van der Waals surface area contributed by atoms with Crippen LogP contribution in [0.2, 0.25) is 0 Å². The standard InChI is InChI=1S/C18H15BrN4O/c1-12-10-17(23-20-11-13-2-8-16(24)9-3-13)22-18(21-12)14-4-6-15(19)7-5-14/h2-11,24H,1H3,(H,21,22,23)/b20-11+. The van der Waals surface area contributed by atoms with Crippen LogP contribution in [-0.2, 0) is 0 Å². The van der Waals surface area contributed by atoms with Crippen LogP contribution in [0.1, 0.15) is 11.3 Å². The highest BCUT2D eigenvalue weighted by Gasteiger charge is 2.04. The Balaban J connectivity index is 1.78. The quantitative estimate of drug-likeness (QED) is 0.519. The van der Waals surface area contributed by atoms with Crippen molar-refractivity contribution >= 4 is 28.0 Å². The normalized spacial score (nSPS) is 10.9. The molecule has 2 aromatic carbocycles. The molecule has 0 saturated heterocycles. The molecule has 1 aromatic heterocycles. The van der Waals surface area contributed by atoms with Gasteiger partial charge in [-0.3, -0.25) is 5.43 Å². The molecular weight excluding hydrogens is 368 g/mol. The highest BCUT2D eigenvalue weighted by Crippen LogP contribution is 2.20. The third-order valence-electron chi connectivity index (χ3n) is 3.24. The zero-order chi connectivity index (χ0) is 16.9. The lowest BCUT2D eigenvalue weighted by atomic mass is 10.2. The Labute approximate surface area is 148 Å². The number of hydrogen-bond acceptors (Lipinski definition) is 5. The lowest BCUT2D eigenvalue weighted by Gasteiger charge is -2.05. The van der Waals surface area contributed by atoms with Crippen molar-refractivity contribution in [1.29, 1.82) is 0 Å². The van der Waals surface area contributed by atoms with E-state index < -0.39 is 0 Å². The maximum atomic E-state index is 9.27. The van der Waals surface area contributed by atoms with Gasteiger partial charge in [0.1, 0.15) is 5.75 Å². The molecule has 0 fully saturated rings. The molecule has 5 nitrogen and oxygen atoms in total. The molecule has 2 N–H and O–H groups in total. The molecule has 0 atom stereocenters. The zero-order valence-electron chi connectivity index (χ0n) is 12.9. The fourth-order valence-corrected chi connectivity index (χ4v) is 2.35. The van der Waals surface area contributed by atoms with Gasteiger partial charge < -0.3 is 5.11 Å². The lowest BCUT2D eigenvalue weighted by molar-refractivity contribution is 0.475. The van der Waals surface area contributed by atoms with Gasteiger partial charge in [-0.15, -0.1) is 0 Å². The second-order valence-electron chi connectivity index (χ2n) is 5.19. The van der Waals surface area contributed by atoms with E-state index in [1.165, 1.54) is 0 Å². The molecule has 0 amide bonds. The fraction of sp³-hybridized carbons (Fsp3) is 0.0556. The zero-order valence-corrected chi connectivity index (χ0v) is 14.5. The van der Waals surface area contributed by atoms with Crippen LogP contribution in [-0.4, -0.2) is 21.3 Å². The molecule has 0 saturated carbocycles. The minimum absolute atomic E-state index is 0.227. The molecule has 0 aliphatic heterocycles. The average Bonchev–Trinajstić information content (AvgIpc) is 2.57. The monoisotopic (exact) mass is 382 g/mol. The van der Waals surface area contributed by atoms with E-state index in [0.29, 0.717) is 11.6 Å². The summed E-state index contributed by atoms with van der Waals surface area (Å²) in [5, 5.41) is 13.4. The molecule has 0 spiro atoms. The van der Waals surface area contributed by atoms with E-state index in [0.717, 1.165) is 21.3 Å². The number of halogens is 1. The highest BCUT2D eigenvalue weighted by atomic mass is 79.9. The number of hydrogen-bond donors (Lipinski definition) is 2. The minimum Gasteiger partial charge on any atom is -0.508 e. The van der Waals surface area contributed by atoms with Gasteiger partial charge in [0, 0.05) is 21.8 Å². The largest absolute Gasteiger partial charge is 0.508 e. The van der Waals surface area contributed by atoms with E-state index in [1.807, 2.05) is 37.3 Å². The molecule has 0 aliphatic rings. The molecule has 0 unspecified atom stereocenters. The van der Waals surface area contributed by atoms with Crippen LogP contribution < -0.4 is 5.43 Å². The van der Waals surface area contributed by atoms with Crippen molar-refractivity contribution in [2.24, 2.45) is 5.10 Å². The highest BCUT2D eigenvalue weighted by molar-refractivity contribution is 9.10. The molecule has 24 heavy (non-hydrogen) atoms. The number of aromatic nitrogens is 2. The van der Waals surface area contributed by atoms with E-state index >= 15 is 0 Å². The van der Waals surface area contributed by atoms with Crippen molar-refractivity contribution in [3.05, 3.63) is 70.3 Å². The van der Waals surface area contributed by atoms with Gasteiger partial charge in [-0.2, -0.15) is 5.10 Å². The van der Waals surface area contributed by atoms with Crippen LogP contribution in [0.5, 0.6) is 5.75 Å². The summed E-state index contributed by atoms with van der Waals surface area (Å²) in [6.45, 7) is 1.92. The summed E-state index contributed by atoms with van der Waals surface area (Å²) in [5.41, 5.74) is 5.58. The summed E-state index contributed by atoms with van der Waals surface area (Å²) in [6, 6.07) is 16.4. The number of aryl methyl sites for hydroxylation is 1. The van der Waals surface area contributed by atoms with E-state index in [-0.39, 0.29) is 5.75 Å². The summed E-state index contributed by atoms with van der Waals surface area (Å²) >= 11 is 3.42. The third kappa shape index (κ3) is 4.17. The Morgan fingerprint density at radius 3 is 2.46 bits per heavy atom. The number of phenols is 1. The first-order chi connectivity index (χ1) is 11.6. The number of rotatable bonds is 4. The summed E-state index contributed by atoms with van der Waals surface area (Å²) in [7, 11) is 0. The Morgan fingerprint density at radius 1 is 1.04 bits per heavy atom. The molecule has 3 aromatic rings. The molecule has 6 heteroatoms. The molecule has 1 heterocycles. The minimum atomic E-state index is 0.227. The average molecular weight is 383 g/mol. The summed E-state index contributed by atoms with van der Waals surface area (Å²) in [5.74, 6) is 1.49. The number of benzene rings is 2. The molecule has 120 valence electrons. The van der Waals surface area contributed by atoms with Crippen molar-refractivity contribution < 1.29 is 5.11 Å². The van der Waals surface area contributed by atoms with E-state index in [1.54, 1.807) is 30.5 Å². The molecule has 3 rings (SSSR count). The van der Waals surface area contributed by atoms with Gasteiger partial charge in [0.05, 0.1) is 6.21 Å². The van der Waals surface area contributed by atoms with Crippen LogP contribution in [0.25, 0.3) is 11.4 Å². The van der Waals surface area contributed by atoms with Gasteiger partial charge in [-0.1, -0.05) is 28.1 Å². The fourth-order valence-electron chi connectivity index (χ4n) is 2.09. The van der Waals surface area contributed by atoms with Crippen molar-refractivity contribution in [3.63, 3.8) is 0 Å². The first-order valence-corrected chi connectivity index (χ1v) is 8.09. The van der Waals surface area contributed by atoms with Gasteiger partial charge in [-0.05, 0) is 48.9 Å². The van der Waals surface area contributed by atoms with Crippen LogP contribution in [0.4, 0.5) is 5.82 Å². The number of nitrogens with zero attached hydrogens (tertiary/aromatic N) is 3. The van der Waals surface area contributed by atoms with Crippen LogP contribution in [0.15, 0.2) is 64.2 Å². The number of aromatic hydroxyl groups is 1. The maximum Gasteiger partial charge on any atom is 0.161 e. The smallest absolute Gasteiger partial charge is 0.161 e. The van der Waals surface area contributed by atoms with Crippen LogP contribution in [0.3, 0.4) is 0 Å². The van der Waals surface area contributed by atoms with Crippen molar-refractivity contribution in [1.82, 2.24) is 9.97 Å². The van der Waals surface area contributed by atoms with Gasteiger partial charge in [0.25, 0.3) is 0 Å². The SMILES string of the molecule is Cc1cc(N/N=C/c2ccc(O)cc2)nc(-c2ccc(Br)cc2)n1. The Hall–Kier alpha value is -2.73. The van der Waals surface area contributed by atoms with Crippen molar-refractivity contribution in [3.8, 4) is 17.1 Å². The Bertz CT molecular complexity index is 861.